The molecule has 1 aliphatic rings. The molecule has 0 aromatic rings. The molecule has 1 fully saturated rings. The minimum atomic E-state index is -0.592. The minimum Gasteiger partial charge on any atom is -0.394 e. The Labute approximate surface area is 88.8 Å². The zero-order chi connectivity index (χ0) is 11.3. The molecule has 0 aliphatic carbocycles. The fourth-order valence-electron chi connectivity index (χ4n) is 1.65. The van der Waals surface area contributed by atoms with Gasteiger partial charge in [-0.2, -0.15) is 0 Å². The summed E-state index contributed by atoms with van der Waals surface area (Å²) in [6.07, 6.45) is 1.06. The van der Waals surface area contributed by atoms with E-state index in [1.165, 1.54) is 6.92 Å². The third-order valence-electron chi connectivity index (χ3n) is 2.57. The van der Waals surface area contributed by atoms with Crippen LogP contribution in [-0.4, -0.2) is 42.2 Å². The van der Waals surface area contributed by atoms with E-state index in [-0.39, 0.29) is 24.7 Å². The number of hydrogen-bond donors (Lipinski definition) is 2. The Bertz CT molecular complexity index is 246. The molecule has 1 heterocycles. The summed E-state index contributed by atoms with van der Waals surface area (Å²) in [4.78, 5) is 22.1. The van der Waals surface area contributed by atoms with Crippen molar-refractivity contribution >= 4 is 11.7 Å². The second kappa shape index (κ2) is 5.23. The van der Waals surface area contributed by atoms with Gasteiger partial charge in [-0.3, -0.25) is 9.59 Å². The molecule has 0 bridgehead atoms. The number of rotatable bonds is 4. The first-order chi connectivity index (χ1) is 7.08. The first-order valence-electron chi connectivity index (χ1n) is 5.07. The monoisotopic (exact) mass is 215 g/mol. The molecule has 0 atom stereocenters. The van der Waals surface area contributed by atoms with Crippen molar-refractivity contribution < 1.29 is 19.4 Å². The second-order valence-corrected chi connectivity index (χ2v) is 3.98. The van der Waals surface area contributed by atoms with Crippen LogP contribution in [0.4, 0.5) is 0 Å². The number of aliphatic hydroxyl groups is 1. The van der Waals surface area contributed by atoms with Gasteiger partial charge in [0.15, 0.2) is 0 Å². The lowest BCUT2D eigenvalue weighted by atomic mass is 9.91. The number of aliphatic hydroxyl groups excluding tert-OH is 1. The van der Waals surface area contributed by atoms with Gasteiger partial charge in [-0.25, -0.2) is 0 Å². The smallest absolute Gasteiger partial charge is 0.227 e. The summed E-state index contributed by atoms with van der Waals surface area (Å²) >= 11 is 0. The molecule has 2 N–H and O–H groups in total. The molecular weight excluding hydrogens is 198 g/mol. The van der Waals surface area contributed by atoms with Crippen LogP contribution in [0, 0.1) is 0 Å². The number of amides is 1. The number of ketones is 1. The van der Waals surface area contributed by atoms with Crippen LogP contribution < -0.4 is 5.32 Å². The maximum atomic E-state index is 11.4. The Morgan fingerprint density at radius 3 is 2.47 bits per heavy atom. The van der Waals surface area contributed by atoms with Crippen molar-refractivity contribution in [1.29, 1.82) is 0 Å². The van der Waals surface area contributed by atoms with Gasteiger partial charge in [0.05, 0.1) is 18.6 Å². The van der Waals surface area contributed by atoms with Crippen LogP contribution >= 0.6 is 0 Å². The predicted molar refractivity (Wildman–Crippen MR) is 53.3 cm³/mol. The van der Waals surface area contributed by atoms with Crippen LogP contribution in [0.5, 0.6) is 0 Å². The van der Waals surface area contributed by atoms with Crippen molar-refractivity contribution in [2.75, 3.05) is 19.8 Å². The average Bonchev–Trinajstić information content (AvgIpc) is 2.17. The molecule has 15 heavy (non-hydrogen) atoms. The molecule has 1 rings (SSSR count). The Hall–Kier alpha value is -0.940. The van der Waals surface area contributed by atoms with E-state index >= 15 is 0 Å². The fourth-order valence-corrected chi connectivity index (χ4v) is 1.65. The number of nitrogens with one attached hydrogen (secondary N) is 1. The zero-order valence-corrected chi connectivity index (χ0v) is 8.91. The number of hydrogen-bond acceptors (Lipinski definition) is 4. The summed E-state index contributed by atoms with van der Waals surface area (Å²) in [5.74, 6) is -0.494. The normalized spacial score (nSPS) is 19.6. The van der Waals surface area contributed by atoms with Gasteiger partial charge in [-0.1, -0.05) is 0 Å². The summed E-state index contributed by atoms with van der Waals surface area (Å²) in [5, 5.41) is 12.0. The summed E-state index contributed by atoms with van der Waals surface area (Å²) in [7, 11) is 0. The number of Topliss-reactive ketones (excluding diaryl/α,β-unsaturated/α-hetero) is 1. The second-order valence-electron chi connectivity index (χ2n) is 3.98. The maximum Gasteiger partial charge on any atom is 0.227 e. The van der Waals surface area contributed by atoms with Crippen LogP contribution in [-0.2, 0) is 14.3 Å². The van der Waals surface area contributed by atoms with Gasteiger partial charge in [-0.15, -0.1) is 0 Å². The van der Waals surface area contributed by atoms with Crippen molar-refractivity contribution in [3.05, 3.63) is 0 Å². The minimum absolute atomic E-state index is 0.111. The predicted octanol–water partition coefficient (Wildman–Crippen LogP) is -0.377. The van der Waals surface area contributed by atoms with E-state index in [0.29, 0.717) is 26.1 Å². The molecule has 0 unspecified atom stereocenters. The van der Waals surface area contributed by atoms with Crippen molar-refractivity contribution in [2.45, 2.75) is 31.7 Å². The van der Waals surface area contributed by atoms with Gasteiger partial charge < -0.3 is 15.2 Å². The van der Waals surface area contributed by atoms with Crippen LogP contribution in [0.2, 0.25) is 0 Å². The molecule has 5 heteroatoms. The standard InChI is InChI=1S/C10H17NO4/c1-8(13)6-9(14)11-10(7-12)2-4-15-5-3-10/h12H,2-7H2,1H3,(H,11,14). The molecule has 1 amide bonds. The molecule has 1 aliphatic heterocycles. The van der Waals surface area contributed by atoms with Gasteiger partial charge in [-0.05, 0) is 19.8 Å². The Balaban J connectivity index is 2.51. The Kier molecular flexibility index (Phi) is 4.23. The first kappa shape index (κ1) is 12.1. The molecule has 0 aromatic carbocycles. The van der Waals surface area contributed by atoms with Gasteiger partial charge in [0, 0.05) is 13.2 Å². The highest BCUT2D eigenvalue weighted by Crippen LogP contribution is 2.20. The van der Waals surface area contributed by atoms with E-state index in [4.69, 9.17) is 4.74 Å². The molecule has 0 saturated carbocycles. The molecule has 1 saturated heterocycles. The molecule has 86 valence electrons. The molecule has 0 spiro atoms. The lowest BCUT2D eigenvalue weighted by Gasteiger charge is -2.36. The number of ether oxygens (including phenoxy) is 1. The summed E-state index contributed by atoms with van der Waals surface area (Å²) in [6.45, 7) is 2.32. The maximum absolute atomic E-state index is 11.4. The summed E-state index contributed by atoms with van der Waals surface area (Å²) < 4.78 is 5.16. The van der Waals surface area contributed by atoms with Gasteiger partial charge >= 0.3 is 0 Å². The molecular formula is C10H17NO4. The van der Waals surface area contributed by atoms with E-state index in [1.54, 1.807) is 0 Å². The topological polar surface area (TPSA) is 75.6 Å². The van der Waals surface area contributed by atoms with Gasteiger partial charge in [0.2, 0.25) is 5.91 Å². The Morgan fingerprint density at radius 1 is 1.40 bits per heavy atom. The number of carbonyl (C=O) groups is 2. The van der Waals surface area contributed by atoms with Crippen LogP contribution in [0.3, 0.4) is 0 Å². The van der Waals surface area contributed by atoms with E-state index in [2.05, 4.69) is 5.32 Å². The van der Waals surface area contributed by atoms with Crippen molar-refractivity contribution in [1.82, 2.24) is 5.32 Å². The summed E-state index contributed by atoms with van der Waals surface area (Å²) in [5.41, 5.74) is -0.592. The van der Waals surface area contributed by atoms with E-state index in [0.717, 1.165) is 0 Å². The third-order valence-corrected chi connectivity index (χ3v) is 2.57. The van der Waals surface area contributed by atoms with Crippen molar-refractivity contribution in [3.63, 3.8) is 0 Å². The lowest BCUT2D eigenvalue weighted by molar-refractivity contribution is -0.130. The number of carbonyl (C=O) groups excluding carboxylic acids is 2. The quantitative estimate of drug-likeness (QED) is 0.627. The zero-order valence-electron chi connectivity index (χ0n) is 8.91. The van der Waals surface area contributed by atoms with Gasteiger partial charge in [0.1, 0.15) is 5.78 Å². The van der Waals surface area contributed by atoms with Crippen molar-refractivity contribution in [3.8, 4) is 0 Å². The van der Waals surface area contributed by atoms with Crippen molar-refractivity contribution in [2.24, 2.45) is 0 Å². The first-order valence-corrected chi connectivity index (χ1v) is 5.07. The molecule has 0 aromatic heterocycles. The molecule has 5 nitrogen and oxygen atoms in total. The SMILES string of the molecule is CC(=O)CC(=O)NC1(CO)CCOCC1. The largest absolute Gasteiger partial charge is 0.394 e. The highest BCUT2D eigenvalue weighted by molar-refractivity contribution is 5.97. The molecule has 0 radical (unpaired) electrons. The fraction of sp³-hybridized carbons (Fsp3) is 0.800. The average molecular weight is 215 g/mol. The van der Waals surface area contributed by atoms with Gasteiger partial charge in [0.25, 0.3) is 0 Å². The van der Waals surface area contributed by atoms with Crippen LogP contribution in [0.1, 0.15) is 26.2 Å². The van der Waals surface area contributed by atoms with Crippen LogP contribution in [0.15, 0.2) is 0 Å². The summed E-state index contributed by atoms with van der Waals surface area (Å²) in [6, 6.07) is 0. The van der Waals surface area contributed by atoms with E-state index < -0.39 is 5.54 Å². The highest BCUT2D eigenvalue weighted by atomic mass is 16.5. The highest BCUT2D eigenvalue weighted by Gasteiger charge is 2.33. The lowest BCUT2D eigenvalue weighted by Crippen LogP contribution is -2.54. The van der Waals surface area contributed by atoms with E-state index in [1.807, 2.05) is 0 Å². The third kappa shape index (κ3) is 3.60. The van der Waals surface area contributed by atoms with Crippen LogP contribution in [0.25, 0.3) is 0 Å². The Morgan fingerprint density at radius 2 is 2.00 bits per heavy atom. The van der Waals surface area contributed by atoms with E-state index in [9.17, 15) is 14.7 Å².